The maximum atomic E-state index is 12.7. The summed E-state index contributed by atoms with van der Waals surface area (Å²) >= 11 is 0. The number of pyridine rings is 1. The summed E-state index contributed by atoms with van der Waals surface area (Å²) in [6.07, 6.45) is 1.64. The predicted octanol–water partition coefficient (Wildman–Crippen LogP) is 4.91. The summed E-state index contributed by atoms with van der Waals surface area (Å²) in [6, 6.07) is 13.8. The second kappa shape index (κ2) is 7.03. The van der Waals surface area contributed by atoms with Crippen molar-refractivity contribution >= 4 is 22.5 Å². The van der Waals surface area contributed by atoms with Gasteiger partial charge in [0, 0.05) is 17.3 Å². The van der Waals surface area contributed by atoms with Crippen LogP contribution >= 0.6 is 0 Å². The van der Waals surface area contributed by atoms with E-state index < -0.39 is 0 Å². The van der Waals surface area contributed by atoms with Crippen LogP contribution in [0.2, 0.25) is 0 Å². The van der Waals surface area contributed by atoms with E-state index >= 15 is 0 Å². The molecule has 0 bridgehead atoms. The molecule has 0 spiro atoms. The summed E-state index contributed by atoms with van der Waals surface area (Å²) < 4.78 is 0. The minimum atomic E-state index is -0.133. The second-order valence-electron chi connectivity index (χ2n) is 8.19. The molecular formula is C23H27N3O. The zero-order valence-corrected chi connectivity index (χ0v) is 16.6. The molecule has 0 saturated heterocycles. The molecule has 3 aromatic rings. The van der Waals surface area contributed by atoms with Crippen molar-refractivity contribution in [3.05, 3.63) is 70.9 Å². The van der Waals surface area contributed by atoms with Gasteiger partial charge in [0.15, 0.2) is 0 Å². The number of nitrogens with two attached hydrogens (primary N) is 1. The summed E-state index contributed by atoms with van der Waals surface area (Å²) in [5, 5.41) is 4.00. The van der Waals surface area contributed by atoms with Crippen molar-refractivity contribution < 1.29 is 4.79 Å². The van der Waals surface area contributed by atoms with Gasteiger partial charge in [-0.05, 0) is 54.2 Å². The van der Waals surface area contributed by atoms with Crippen molar-refractivity contribution in [2.75, 3.05) is 5.73 Å². The zero-order valence-electron chi connectivity index (χ0n) is 16.6. The number of carbonyl (C=O) groups excluding carboxylic acids is 1. The van der Waals surface area contributed by atoms with Gasteiger partial charge in [-0.15, -0.1) is 0 Å². The van der Waals surface area contributed by atoms with Crippen LogP contribution in [0.4, 0.5) is 5.69 Å². The lowest BCUT2D eigenvalue weighted by molar-refractivity contribution is 0.0939. The van der Waals surface area contributed by atoms with Crippen LogP contribution in [0.25, 0.3) is 10.9 Å². The maximum absolute atomic E-state index is 12.7. The number of hydrogen-bond donors (Lipinski definition) is 2. The largest absolute Gasteiger partial charge is 0.399 e. The number of nitrogens with one attached hydrogen (secondary N) is 1. The lowest BCUT2D eigenvalue weighted by atomic mass is 9.86. The van der Waals surface area contributed by atoms with Gasteiger partial charge in [-0.25, -0.2) is 0 Å². The van der Waals surface area contributed by atoms with Gasteiger partial charge < -0.3 is 11.1 Å². The van der Waals surface area contributed by atoms with Crippen molar-refractivity contribution in [1.82, 2.24) is 10.3 Å². The highest BCUT2D eigenvalue weighted by Gasteiger charge is 2.16. The number of carbonyl (C=O) groups is 1. The number of nitrogens with zero attached hydrogens (tertiary/aromatic N) is 1. The Kier molecular flexibility index (Phi) is 4.92. The van der Waals surface area contributed by atoms with Gasteiger partial charge in [0.05, 0.1) is 17.1 Å². The van der Waals surface area contributed by atoms with E-state index in [-0.39, 0.29) is 17.4 Å². The lowest BCUT2D eigenvalue weighted by Crippen LogP contribution is -2.26. The quantitative estimate of drug-likeness (QED) is 0.651. The van der Waals surface area contributed by atoms with E-state index in [1.54, 1.807) is 6.20 Å². The van der Waals surface area contributed by atoms with Gasteiger partial charge in [-0.1, -0.05) is 45.0 Å². The molecule has 1 amide bonds. The van der Waals surface area contributed by atoms with Crippen LogP contribution in [0, 0.1) is 6.92 Å². The molecule has 0 aliphatic carbocycles. The Hall–Kier alpha value is -2.88. The Bertz CT molecular complexity index is 1000. The molecule has 0 aliphatic rings. The minimum Gasteiger partial charge on any atom is -0.399 e. The Labute approximate surface area is 160 Å². The first-order valence-corrected chi connectivity index (χ1v) is 9.22. The fourth-order valence-corrected chi connectivity index (χ4v) is 3.04. The van der Waals surface area contributed by atoms with E-state index in [9.17, 15) is 4.79 Å². The smallest absolute Gasteiger partial charge is 0.253 e. The number of amides is 1. The molecule has 140 valence electrons. The van der Waals surface area contributed by atoms with Gasteiger partial charge >= 0.3 is 0 Å². The van der Waals surface area contributed by atoms with Gasteiger partial charge in [-0.2, -0.15) is 0 Å². The molecule has 0 saturated carbocycles. The van der Waals surface area contributed by atoms with E-state index in [0.29, 0.717) is 5.56 Å². The first-order chi connectivity index (χ1) is 12.6. The summed E-state index contributed by atoms with van der Waals surface area (Å²) in [5.74, 6) is -0.133. The third-order valence-electron chi connectivity index (χ3n) is 4.95. The van der Waals surface area contributed by atoms with Crippen LogP contribution in [-0.4, -0.2) is 10.9 Å². The van der Waals surface area contributed by atoms with E-state index in [2.05, 4.69) is 43.2 Å². The van der Waals surface area contributed by atoms with E-state index in [0.717, 1.165) is 27.7 Å². The van der Waals surface area contributed by atoms with Crippen LogP contribution in [0.5, 0.6) is 0 Å². The number of nitrogen functional groups attached to an aromatic ring is 1. The van der Waals surface area contributed by atoms with Crippen molar-refractivity contribution in [1.29, 1.82) is 0 Å². The molecule has 2 aromatic carbocycles. The average molecular weight is 361 g/mol. The fraction of sp³-hybridized carbons (Fsp3) is 0.304. The molecule has 4 nitrogen and oxygen atoms in total. The van der Waals surface area contributed by atoms with Gasteiger partial charge in [0.2, 0.25) is 0 Å². The molecule has 4 heteroatoms. The highest BCUT2D eigenvalue weighted by Crippen LogP contribution is 2.26. The highest BCUT2D eigenvalue weighted by molar-refractivity contribution is 5.97. The summed E-state index contributed by atoms with van der Waals surface area (Å²) in [7, 11) is 0. The molecule has 27 heavy (non-hydrogen) atoms. The number of anilines is 1. The molecule has 0 aliphatic heterocycles. The number of benzene rings is 2. The molecule has 1 heterocycles. The van der Waals surface area contributed by atoms with Gasteiger partial charge in [0.1, 0.15) is 0 Å². The van der Waals surface area contributed by atoms with Crippen molar-refractivity contribution in [2.24, 2.45) is 0 Å². The number of aryl methyl sites for hydroxylation is 1. The van der Waals surface area contributed by atoms with Crippen molar-refractivity contribution in [3.8, 4) is 0 Å². The first kappa shape index (κ1) is 18.9. The monoisotopic (exact) mass is 361 g/mol. The molecule has 3 N–H and O–H groups in total. The minimum absolute atomic E-state index is 0.0680. The summed E-state index contributed by atoms with van der Waals surface area (Å²) in [4.78, 5) is 17.2. The number of fused-ring (bicyclic) bond motifs is 1. The average Bonchev–Trinajstić information content (AvgIpc) is 2.62. The first-order valence-electron chi connectivity index (χ1n) is 9.22. The Morgan fingerprint density at radius 3 is 2.52 bits per heavy atom. The zero-order chi connectivity index (χ0) is 19.8. The van der Waals surface area contributed by atoms with Crippen molar-refractivity contribution in [2.45, 2.75) is 46.1 Å². The van der Waals surface area contributed by atoms with Crippen LogP contribution in [-0.2, 0) is 5.41 Å². The van der Waals surface area contributed by atoms with E-state index in [4.69, 9.17) is 5.73 Å². The summed E-state index contributed by atoms with van der Waals surface area (Å²) in [5.41, 5.74) is 11.4. The number of aromatic nitrogens is 1. The molecule has 0 radical (unpaired) electrons. The van der Waals surface area contributed by atoms with Crippen LogP contribution in [0.15, 0.2) is 48.7 Å². The Morgan fingerprint density at radius 2 is 1.85 bits per heavy atom. The lowest BCUT2D eigenvalue weighted by Gasteiger charge is -2.19. The fourth-order valence-electron chi connectivity index (χ4n) is 3.04. The standard InChI is InChI=1S/C23H27N3O/c1-14-10-16(7-9-20(14)24)15(2)26-22(27)18-11-17-6-8-19(23(3,4)5)12-21(17)25-13-18/h6-13,15H,24H2,1-5H3,(H,26,27). The van der Waals surface area contributed by atoms with E-state index in [1.165, 1.54) is 5.56 Å². The third-order valence-corrected chi connectivity index (χ3v) is 4.95. The molecule has 0 fully saturated rings. The molecule has 3 rings (SSSR count). The maximum Gasteiger partial charge on any atom is 0.253 e. The molecular weight excluding hydrogens is 334 g/mol. The number of hydrogen-bond acceptors (Lipinski definition) is 3. The van der Waals surface area contributed by atoms with Crippen molar-refractivity contribution in [3.63, 3.8) is 0 Å². The predicted molar refractivity (Wildman–Crippen MR) is 112 cm³/mol. The highest BCUT2D eigenvalue weighted by atomic mass is 16.1. The topological polar surface area (TPSA) is 68.0 Å². The van der Waals surface area contributed by atoms with E-state index in [1.807, 2.05) is 44.2 Å². The van der Waals surface area contributed by atoms with Crippen LogP contribution in [0.1, 0.15) is 60.8 Å². The molecule has 1 atom stereocenters. The summed E-state index contributed by atoms with van der Waals surface area (Å²) in [6.45, 7) is 10.5. The van der Waals surface area contributed by atoms with Crippen LogP contribution < -0.4 is 11.1 Å². The normalized spacial score (nSPS) is 12.8. The third kappa shape index (κ3) is 4.11. The van der Waals surface area contributed by atoms with Gasteiger partial charge in [-0.3, -0.25) is 9.78 Å². The van der Waals surface area contributed by atoms with Gasteiger partial charge in [0.25, 0.3) is 5.91 Å². The molecule has 1 unspecified atom stereocenters. The Balaban J connectivity index is 1.81. The SMILES string of the molecule is Cc1cc(C(C)NC(=O)c2cnc3cc(C(C)(C)C)ccc3c2)ccc1N. The molecule has 1 aromatic heterocycles. The Morgan fingerprint density at radius 1 is 1.11 bits per heavy atom. The van der Waals surface area contributed by atoms with Crippen LogP contribution in [0.3, 0.4) is 0 Å². The second-order valence-corrected chi connectivity index (χ2v) is 8.19. The number of rotatable bonds is 3.